The van der Waals surface area contributed by atoms with Gasteiger partial charge in [-0.2, -0.15) is 0 Å². The van der Waals surface area contributed by atoms with E-state index in [1.54, 1.807) is 0 Å². The summed E-state index contributed by atoms with van der Waals surface area (Å²) in [5.41, 5.74) is 0. The minimum Gasteiger partial charge on any atom is -0.466 e. The van der Waals surface area contributed by atoms with Gasteiger partial charge in [0.25, 0.3) is 0 Å². The van der Waals surface area contributed by atoms with Crippen molar-refractivity contribution in [3.8, 4) is 0 Å². The van der Waals surface area contributed by atoms with E-state index >= 15 is 0 Å². The third kappa shape index (κ3) is 11.5. The summed E-state index contributed by atoms with van der Waals surface area (Å²) in [4.78, 5) is 11.1. The van der Waals surface area contributed by atoms with Gasteiger partial charge in [0.05, 0.1) is 32.8 Å². The predicted octanol–water partition coefficient (Wildman–Crippen LogP) is 2.16. The molecule has 4 nitrogen and oxygen atoms in total. The Labute approximate surface area is 98.3 Å². The van der Waals surface area contributed by atoms with Gasteiger partial charge in [0.2, 0.25) is 0 Å². The van der Waals surface area contributed by atoms with E-state index in [0.717, 1.165) is 25.9 Å². The Kier molecular flexibility index (Phi) is 12.0. The molecular formula is C12H24O4. The maximum atomic E-state index is 11.1. The van der Waals surface area contributed by atoms with Crippen LogP contribution < -0.4 is 0 Å². The fourth-order valence-electron chi connectivity index (χ4n) is 1.02. The van der Waals surface area contributed by atoms with E-state index in [4.69, 9.17) is 14.2 Å². The van der Waals surface area contributed by atoms with E-state index in [2.05, 4.69) is 13.8 Å². The molecule has 16 heavy (non-hydrogen) atoms. The normalized spacial score (nSPS) is 10.4. The van der Waals surface area contributed by atoms with Gasteiger partial charge in [-0.25, -0.2) is 0 Å². The van der Waals surface area contributed by atoms with Gasteiger partial charge in [-0.05, 0) is 12.8 Å². The number of esters is 1. The van der Waals surface area contributed by atoms with Crippen molar-refractivity contribution in [1.82, 2.24) is 0 Å². The van der Waals surface area contributed by atoms with Crippen LogP contribution >= 0.6 is 0 Å². The fourth-order valence-corrected chi connectivity index (χ4v) is 1.02. The van der Waals surface area contributed by atoms with E-state index in [9.17, 15) is 4.79 Å². The first-order valence-electron chi connectivity index (χ1n) is 6.12. The van der Waals surface area contributed by atoms with Gasteiger partial charge in [0.15, 0.2) is 0 Å². The Morgan fingerprint density at radius 2 is 1.56 bits per heavy atom. The average molecular weight is 232 g/mol. The molecule has 0 unspecified atom stereocenters. The SMILES string of the molecule is CCCCOC(=O)CCOCCOCCC. The standard InChI is InChI=1S/C12H24O4/c1-3-5-8-16-12(13)6-9-15-11-10-14-7-4-2/h3-11H2,1-2H3. The third-order valence-electron chi connectivity index (χ3n) is 1.93. The first-order valence-corrected chi connectivity index (χ1v) is 6.12. The Hall–Kier alpha value is -0.610. The summed E-state index contributed by atoms with van der Waals surface area (Å²) in [5, 5.41) is 0. The van der Waals surface area contributed by atoms with Gasteiger partial charge in [0.1, 0.15) is 0 Å². The van der Waals surface area contributed by atoms with Crippen molar-refractivity contribution < 1.29 is 19.0 Å². The lowest BCUT2D eigenvalue weighted by Gasteiger charge is -2.05. The molecular weight excluding hydrogens is 208 g/mol. The molecule has 0 atom stereocenters. The summed E-state index contributed by atoms with van der Waals surface area (Å²) in [6, 6.07) is 0. The van der Waals surface area contributed by atoms with Gasteiger partial charge in [-0.3, -0.25) is 4.79 Å². The Balaban J connectivity index is 3.09. The summed E-state index contributed by atoms with van der Waals surface area (Å²) in [6.45, 7) is 6.97. The van der Waals surface area contributed by atoms with Crippen LogP contribution in [0.4, 0.5) is 0 Å². The van der Waals surface area contributed by atoms with E-state index in [1.165, 1.54) is 0 Å². The summed E-state index contributed by atoms with van der Waals surface area (Å²) >= 11 is 0. The highest BCUT2D eigenvalue weighted by Gasteiger charge is 2.01. The van der Waals surface area contributed by atoms with Crippen molar-refractivity contribution >= 4 is 5.97 Å². The van der Waals surface area contributed by atoms with Crippen LogP contribution in [0.3, 0.4) is 0 Å². The number of rotatable bonds is 11. The average Bonchev–Trinajstić information content (AvgIpc) is 2.28. The maximum Gasteiger partial charge on any atom is 0.308 e. The maximum absolute atomic E-state index is 11.1. The number of hydrogen-bond acceptors (Lipinski definition) is 4. The number of hydrogen-bond donors (Lipinski definition) is 0. The molecule has 96 valence electrons. The second kappa shape index (κ2) is 12.5. The largest absolute Gasteiger partial charge is 0.466 e. The molecule has 0 aromatic carbocycles. The van der Waals surface area contributed by atoms with Crippen LogP contribution in [0.15, 0.2) is 0 Å². The van der Waals surface area contributed by atoms with Crippen molar-refractivity contribution in [3.05, 3.63) is 0 Å². The molecule has 0 aliphatic rings. The molecule has 0 radical (unpaired) electrons. The molecule has 0 aromatic heterocycles. The summed E-state index contributed by atoms with van der Waals surface area (Å²) in [7, 11) is 0. The molecule has 0 N–H and O–H groups in total. The number of carbonyl (C=O) groups is 1. The molecule has 0 spiro atoms. The second-order valence-electron chi connectivity index (χ2n) is 3.55. The molecule has 0 saturated carbocycles. The lowest BCUT2D eigenvalue weighted by molar-refractivity contribution is -0.145. The topological polar surface area (TPSA) is 44.8 Å². The van der Waals surface area contributed by atoms with Crippen LogP contribution in [0.1, 0.15) is 39.5 Å². The van der Waals surface area contributed by atoms with Gasteiger partial charge in [-0.1, -0.05) is 20.3 Å². The van der Waals surface area contributed by atoms with Crippen LogP contribution in [0.5, 0.6) is 0 Å². The van der Waals surface area contributed by atoms with Gasteiger partial charge in [0, 0.05) is 6.61 Å². The van der Waals surface area contributed by atoms with E-state index in [1.807, 2.05) is 0 Å². The molecule has 0 heterocycles. The van der Waals surface area contributed by atoms with E-state index in [0.29, 0.717) is 32.8 Å². The highest BCUT2D eigenvalue weighted by Crippen LogP contribution is 1.93. The van der Waals surface area contributed by atoms with Crippen LogP contribution in [0.25, 0.3) is 0 Å². The zero-order valence-corrected chi connectivity index (χ0v) is 10.5. The molecule has 0 fully saturated rings. The molecule has 0 bridgehead atoms. The van der Waals surface area contributed by atoms with E-state index in [-0.39, 0.29) is 5.97 Å². The second-order valence-corrected chi connectivity index (χ2v) is 3.55. The monoisotopic (exact) mass is 232 g/mol. The zero-order chi connectivity index (χ0) is 12.1. The molecule has 0 aliphatic carbocycles. The van der Waals surface area contributed by atoms with Gasteiger partial charge < -0.3 is 14.2 Å². The molecule has 0 amide bonds. The smallest absolute Gasteiger partial charge is 0.308 e. The first kappa shape index (κ1) is 15.4. The van der Waals surface area contributed by atoms with E-state index < -0.39 is 0 Å². The first-order chi connectivity index (χ1) is 7.81. The number of carbonyl (C=O) groups excluding carboxylic acids is 1. The van der Waals surface area contributed by atoms with Gasteiger partial charge in [-0.15, -0.1) is 0 Å². The van der Waals surface area contributed by atoms with Gasteiger partial charge >= 0.3 is 5.97 Å². The minimum absolute atomic E-state index is 0.178. The van der Waals surface area contributed by atoms with Crippen molar-refractivity contribution in [1.29, 1.82) is 0 Å². The van der Waals surface area contributed by atoms with Crippen molar-refractivity contribution in [2.24, 2.45) is 0 Å². The summed E-state index contributed by atoms with van der Waals surface area (Å²) in [6.07, 6.45) is 3.32. The molecule has 0 rings (SSSR count). The van der Waals surface area contributed by atoms with Crippen molar-refractivity contribution in [2.75, 3.05) is 33.0 Å². The number of unbranched alkanes of at least 4 members (excludes halogenated alkanes) is 1. The molecule has 4 heteroatoms. The summed E-state index contributed by atoms with van der Waals surface area (Å²) in [5.74, 6) is -0.178. The van der Waals surface area contributed by atoms with Crippen LogP contribution in [0, 0.1) is 0 Å². The summed E-state index contributed by atoms with van der Waals surface area (Å²) < 4.78 is 15.4. The lowest BCUT2D eigenvalue weighted by atomic mass is 10.4. The molecule has 0 aliphatic heterocycles. The van der Waals surface area contributed by atoms with Crippen LogP contribution in [0.2, 0.25) is 0 Å². The number of ether oxygens (including phenoxy) is 3. The van der Waals surface area contributed by atoms with Crippen LogP contribution in [-0.4, -0.2) is 39.0 Å². The third-order valence-corrected chi connectivity index (χ3v) is 1.93. The molecule has 0 aromatic rings. The van der Waals surface area contributed by atoms with Crippen LogP contribution in [-0.2, 0) is 19.0 Å². The fraction of sp³-hybridized carbons (Fsp3) is 0.917. The Bertz CT molecular complexity index is 159. The van der Waals surface area contributed by atoms with Crippen molar-refractivity contribution in [2.45, 2.75) is 39.5 Å². The Morgan fingerprint density at radius 3 is 2.19 bits per heavy atom. The van der Waals surface area contributed by atoms with Crippen molar-refractivity contribution in [3.63, 3.8) is 0 Å². The lowest BCUT2D eigenvalue weighted by Crippen LogP contribution is -2.11. The molecule has 0 saturated heterocycles. The predicted molar refractivity (Wildman–Crippen MR) is 62.4 cm³/mol. The highest BCUT2D eigenvalue weighted by atomic mass is 16.5. The zero-order valence-electron chi connectivity index (χ0n) is 10.5. The quantitative estimate of drug-likeness (QED) is 0.404. The highest BCUT2D eigenvalue weighted by molar-refractivity contribution is 5.69. The minimum atomic E-state index is -0.178. The Morgan fingerprint density at radius 1 is 0.875 bits per heavy atom.